The lowest BCUT2D eigenvalue weighted by Gasteiger charge is -2.30. The monoisotopic (exact) mass is 808 g/mol. The van der Waals surface area contributed by atoms with Crippen LogP contribution in [0.5, 0.6) is 0 Å². The van der Waals surface area contributed by atoms with E-state index in [1.165, 1.54) is 12.3 Å². The number of benzene rings is 2. The smallest absolute Gasteiger partial charge is 0.353 e. The quantitative estimate of drug-likeness (QED) is 0.0463. The van der Waals surface area contributed by atoms with Crippen LogP contribution in [0.25, 0.3) is 0 Å². The Morgan fingerprint density at radius 1 is 0.915 bits per heavy atom. The number of Topliss-reactive ketones (excluding diaryl/α,β-unsaturated/α-hetero) is 1. The van der Waals surface area contributed by atoms with Crippen LogP contribution in [0.1, 0.15) is 115 Å². The second-order valence-electron chi connectivity index (χ2n) is 13.6. The zero-order chi connectivity index (χ0) is 43.3. The van der Waals surface area contributed by atoms with Gasteiger partial charge in [-0.05, 0) is 55.2 Å². The molecule has 1 aliphatic heterocycles. The molecule has 314 valence electrons. The Morgan fingerprint density at radius 2 is 1.49 bits per heavy atom. The minimum atomic E-state index is -0.648. The van der Waals surface area contributed by atoms with Crippen LogP contribution >= 0.6 is 0 Å². The lowest BCUT2D eigenvalue weighted by Crippen LogP contribution is -2.37. The van der Waals surface area contributed by atoms with Crippen molar-refractivity contribution in [1.29, 1.82) is 10.5 Å². The molecule has 0 fully saturated rings. The number of esters is 1. The van der Waals surface area contributed by atoms with Crippen LogP contribution in [0.2, 0.25) is 0 Å². The average molecular weight is 809 g/mol. The Morgan fingerprint density at radius 3 is 2.07 bits per heavy atom. The van der Waals surface area contributed by atoms with Crippen LogP contribution in [0.4, 0.5) is 29.0 Å². The number of ketones is 1. The van der Waals surface area contributed by atoms with E-state index in [0.29, 0.717) is 47.8 Å². The Balaban J connectivity index is 0.000000395. The van der Waals surface area contributed by atoms with Crippen LogP contribution < -0.4 is 21.3 Å². The number of aromatic nitrogens is 4. The van der Waals surface area contributed by atoms with Gasteiger partial charge in [0.05, 0.1) is 41.3 Å². The number of nitrogens with zero attached hydrogens (tertiary/aromatic N) is 9. The summed E-state index contributed by atoms with van der Waals surface area (Å²) in [5.74, 6) is 1.53. The lowest BCUT2D eigenvalue weighted by atomic mass is 10.0. The highest BCUT2D eigenvalue weighted by atomic mass is 16.6. The van der Waals surface area contributed by atoms with Crippen molar-refractivity contribution in [2.24, 2.45) is 0 Å². The summed E-state index contributed by atoms with van der Waals surface area (Å²) in [7, 11) is 1.25. The van der Waals surface area contributed by atoms with Gasteiger partial charge in [0, 0.05) is 39.3 Å². The zero-order valence-electron chi connectivity index (χ0n) is 34.7. The molecule has 16 nitrogen and oxygen atoms in total. The van der Waals surface area contributed by atoms with Gasteiger partial charge >= 0.3 is 11.7 Å². The number of hydrogen-bond acceptors (Lipinski definition) is 15. The largest absolute Gasteiger partial charge is 0.465 e. The number of carbonyl (C=O) groups excluding carboxylic acids is 2. The number of hydrogen-bond donors (Lipinski definition) is 2. The fraction of sp³-hybridized carbons (Fsp3) is 0.442. The summed E-state index contributed by atoms with van der Waals surface area (Å²) in [6.45, 7) is 6.71. The lowest BCUT2D eigenvalue weighted by molar-refractivity contribution is -0.383. The molecule has 0 bridgehead atoms. The molecule has 0 saturated heterocycles. The molecular weight excluding hydrogens is 751 g/mol. The summed E-state index contributed by atoms with van der Waals surface area (Å²) >= 11 is 0. The molecule has 0 spiro atoms. The molecule has 0 amide bonds. The van der Waals surface area contributed by atoms with Gasteiger partial charge in [-0.1, -0.05) is 78.6 Å². The average Bonchev–Trinajstić information content (AvgIpc) is 3.22. The second kappa shape index (κ2) is 24.2. The molecule has 4 N–H and O–H groups in total. The van der Waals surface area contributed by atoms with Crippen molar-refractivity contribution in [1.82, 2.24) is 19.9 Å². The normalized spacial score (nSPS) is 11.5. The van der Waals surface area contributed by atoms with E-state index in [2.05, 4.69) is 40.9 Å². The van der Waals surface area contributed by atoms with Crippen molar-refractivity contribution in [2.75, 3.05) is 41.0 Å². The first-order chi connectivity index (χ1) is 28.5. The van der Waals surface area contributed by atoms with E-state index in [4.69, 9.17) is 33.1 Å². The molecule has 16 heteroatoms. The highest BCUT2D eigenvalue weighted by Crippen LogP contribution is 2.33. The third kappa shape index (κ3) is 14.0. The summed E-state index contributed by atoms with van der Waals surface area (Å²) in [5.41, 5.74) is 15.0. The van der Waals surface area contributed by atoms with E-state index in [9.17, 15) is 19.7 Å². The molecule has 0 aliphatic carbocycles. The molecule has 0 unspecified atom stereocenters. The van der Waals surface area contributed by atoms with Gasteiger partial charge in [-0.3, -0.25) is 19.7 Å². The molecule has 3 heterocycles. The summed E-state index contributed by atoms with van der Waals surface area (Å²) in [6.07, 6.45) is 7.65. The maximum absolute atomic E-state index is 12.2. The van der Waals surface area contributed by atoms with Gasteiger partial charge in [-0.25, -0.2) is 19.9 Å². The highest BCUT2D eigenvalue weighted by molar-refractivity contribution is 5.91. The predicted octanol–water partition coefficient (Wildman–Crippen LogP) is 7.21. The van der Waals surface area contributed by atoms with E-state index < -0.39 is 16.6 Å². The first-order valence-electron chi connectivity index (χ1n) is 20.1. The third-order valence-electron chi connectivity index (χ3n) is 9.02. The Kier molecular flexibility index (Phi) is 19.1. The number of nitro groups is 1. The van der Waals surface area contributed by atoms with Gasteiger partial charge in [0.25, 0.3) is 0 Å². The van der Waals surface area contributed by atoms with Crippen molar-refractivity contribution < 1.29 is 20.6 Å². The molecule has 0 saturated carbocycles. The van der Waals surface area contributed by atoms with Gasteiger partial charge in [0.15, 0.2) is 5.78 Å². The second-order valence-corrected chi connectivity index (χ2v) is 13.6. The SMILES string of the molecule is C.CCCCCc1nc(N)c([N+](=O)[O-])c(N(CC(=O)OCC)Cc2cccc(C#N)c2)n1.CCCCCc1nc(N)c2c(n1)N(Cc1cccc(C#N)c1)CC(=O)C2.[2H]C. The van der Waals surface area contributed by atoms with Gasteiger partial charge < -0.3 is 26.0 Å². The fourth-order valence-electron chi connectivity index (χ4n) is 6.32. The van der Waals surface area contributed by atoms with E-state index >= 15 is 0 Å². The van der Waals surface area contributed by atoms with Crippen LogP contribution in [0.15, 0.2) is 48.5 Å². The van der Waals surface area contributed by atoms with E-state index in [1.807, 2.05) is 23.1 Å². The maximum Gasteiger partial charge on any atom is 0.353 e. The summed E-state index contributed by atoms with van der Waals surface area (Å²) in [6, 6.07) is 18.4. The van der Waals surface area contributed by atoms with Gasteiger partial charge in [-0.15, -0.1) is 0 Å². The number of unbranched alkanes of at least 4 members (excludes halogenated alkanes) is 4. The first kappa shape index (κ1) is 46.7. The number of aryl methyl sites for hydroxylation is 2. The number of carbonyl (C=O) groups is 2. The number of anilines is 4. The molecule has 2 aromatic carbocycles. The number of ether oxygens (including phenoxy) is 1. The maximum atomic E-state index is 12.2. The van der Waals surface area contributed by atoms with Crippen molar-refractivity contribution >= 4 is 40.7 Å². The number of nitriles is 2. The number of nitrogen functional groups attached to an aromatic ring is 2. The summed E-state index contributed by atoms with van der Waals surface area (Å²) in [4.78, 5) is 56.5. The molecule has 0 radical (unpaired) electrons. The van der Waals surface area contributed by atoms with Gasteiger partial charge in [0.2, 0.25) is 11.6 Å². The minimum absolute atomic E-state index is 0. The molecule has 59 heavy (non-hydrogen) atoms. The zero-order valence-corrected chi connectivity index (χ0v) is 33.7. The van der Waals surface area contributed by atoms with Crippen molar-refractivity contribution in [2.45, 2.75) is 106 Å². The third-order valence-corrected chi connectivity index (χ3v) is 9.02. The topological polar surface area (TPSA) is 244 Å². The molecule has 0 atom stereocenters. The fourth-order valence-corrected chi connectivity index (χ4v) is 6.32. The minimum Gasteiger partial charge on any atom is -0.465 e. The van der Waals surface area contributed by atoms with Crippen molar-refractivity contribution in [3.8, 4) is 12.1 Å². The van der Waals surface area contributed by atoms with Gasteiger partial charge in [-0.2, -0.15) is 10.5 Å². The van der Waals surface area contributed by atoms with E-state index in [1.54, 1.807) is 37.3 Å². The van der Waals surface area contributed by atoms with Crippen molar-refractivity contribution in [3.05, 3.63) is 98.1 Å². The number of fused-ring (bicyclic) bond motifs is 1. The predicted molar refractivity (Wildman–Crippen MR) is 229 cm³/mol. The van der Waals surface area contributed by atoms with Crippen LogP contribution in [-0.4, -0.2) is 56.3 Å². The molecular formula is C43H57N11O5. The number of rotatable bonds is 17. The summed E-state index contributed by atoms with van der Waals surface area (Å²) in [5, 5.41) is 30.0. The van der Waals surface area contributed by atoms with Crippen molar-refractivity contribution in [3.63, 3.8) is 0 Å². The number of nitrogens with two attached hydrogens (primary N) is 2. The summed E-state index contributed by atoms with van der Waals surface area (Å²) < 4.78 is 10.8. The molecule has 5 rings (SSSR count). The molecule has 1 aliphatic rings. The standard InChI is InChI=1S/C21H26N6O4.C20H23N5O.2CH4/c1-3-5-6-10-17-24-20(23)19(27(29)30)21(25-17)26(14-18(28)31-4-2)13-16-9-7-8-15(11-16)12-22;1-2-3-4-8-18-23-19(22)17-10-16(26)13-25(20(17)24-18)12-15-7-5-6-14(9-15)11-21;;/h7-9,11H,3-6,10,13-14H2,1-2H3,(H2,23,24,25);5-7,9H,2-4,8,10,12-13H2,1H3,(H2,22,23,24);2*1H4/i;;1D;. The van der Waals surface area contributed by atoms with Crippen LogP contribution in [0, 0.1) is 32.8 Å². The molecule has 2 aromatic heterocycles. The molecule has 4 aromatic rings. The van der Waals surface area contributed by atoms with E-state index in [-0.39, 0.29) is 51.0 Å². The van der Waals surface area contributed by atoms with Crippen LogP contribution in [-0.2, 0) is 46.7 Å². The van der Waals surface area contributed by atoms with Crippen LogP contribution in [0.3, 0.4) is 0 Å². The first-order valence-corrected chi connectivity index (χ1v) is 19.1. The Bertz CT molecular complexity index is 2140. The van der Waals surface area contributed by atoms with E-state index in [0.717, 1.165) is 67.7 Å². The Labute approximate surface area is 348 Å². The van der Waals surface area contributed by atoms with Gasteiger partial charge in [0.1, 0.15) is 29.8 Å². The Hall–Kier alpha value is -6.68. The highest BCUT2D eigenvalue weighted by Gasteiger charge is 2.30.